The second-order valence-electron chi connectivity index (χ2n) is 4.34. The lowest BCUT2D eigenvalue weighted by Gasteiger charge is -2.09. The first-order valence-electron chi connectivity index (χ1n) is 6.07. The van der Waals surface area contributed by atoms with E-state index in [-0.39, 0.29) is 7.48 Å². The van der Waals surface area contributed by atoms with Crippen LogP contribution in [0.5, 0.6) is 0 Å². The predicted octanol–water partition coefficient (Wildman–Crippen LogP) is 2.48. The van der Waals surface area contributed by atoms with Gasteiger partial charge in [0.2, 0.25) is 0 Å². The van der Waals surface area contributed by atoms with Crippen LogP contribution in [0.25, 0.3) is 21.9 Å². The van der Waals surface area contributed by atoms with Gasteiger partial charge >= 0.3 is 7.48 Å². The number of hydrogen-bond donors (Lipinski definition) is 1. The predicted molar refractivity (Wildman–Crippen MR) is 78.4 cm³/mol. The Bertz CT molecular complexity index is 677. The van der Waals surface area contributed by atoms with Crippen molar-refractivity contribution in [3.63, 3.8) is 0 Å². The summed E-state index contributed by atoms with van der Waals surface area (Å²) in [6.07, 6.45) is 0. The summed E-state index contributed by atoms with van der Waals surface area (Å²) in [6, 6.07) is 22.6. The molecule has 2 heteroatoms. The average molecular weight is 232 g/mol. The summed E-state index contributed by atoms with van der Waals surface area (Å²) in [7, 11) is 0.0790. The fourth-order valence-corrected chi connectivity index (χ4v) is 2.37. The fraction of sp³-hybridized carbons (Fsp3) is 0. The van der Waals surface area contributed by atoms with Crippen molar-refractivity contribution in [1.29, 1.82) is 0 Å². The van der Waals surface area contributed by atoms with Crippen LogP contribution >= 0.6 is 0 Å². The van der Waals surface area contributed by atoms with Gasteiger partial charge in [-0.3, -0.25) is 0 Å². The molecule has 0 atom stereocenters. The summed E-state index contributed by atoms with van der Waals surface area (Å²) in [5.74, 6) is 0. The maximum Gasteiger partial charge on any atom is 0.305 e. The van der Waals surface area contributed by atoms with Gasteiger partial charge in [0, 0.05) is 0 Å². The van der Waals surface area contributed by atoms with Crippen LogP contribution in [0.15, 0.2) is 66.7 Å². The minimum atomic E-state index is 0.0790. The maximum atomic E-state index is 9.40. The van der Waals surface area contributed by atoms with Crippen LogP contribution in [0.3, 0.4) is 0 Å². The van der Waals surface area contributed by atoms with Crippen LogP contribution in [-0.2, 0) is 0 Å². The molecule has 3 aromatic carbocycles. The molecule has 3 aromatic rings. The van der Waals surface area contributed by atoms with Crippen molar-refractivity contribution in [2.24, 2.45) is 0 Å². The topological polar surface area (TPSA) is 20.2 Å². The molecule has 0 fully saturated rings. The van der Waals surface area contributed by atoms with Gasteiger partial charge in [-0.2, -0.15) is 0 Å². The largest absolute Gasteiger partial charge is 0.449 e. The highest BCUT2D eigenvalue weighted by molar-refractivity contribution is 6.50. The Kier molecular flexibility index (Phi) is 2.87. The Balaban J connectivity index is 2.32. The Morgan fingerprint density at radius 1 is 0.667 bits per heavy atom. The molecule has 0 saturated heterocycles. The molecule has 1 nitrogen and oxygen atoms in total. The molecule has 0 spiro atoms. The van der Waals surface area contributed by atoms with E-state index in [4.69, 9.17) is 0 Å². The average Bonchev–Trinajstić information content (AvgIpc) is 2.47. The highest BCUT2D eigenvalue weighted by atomic mass is 16.2. The third-order valence-corrected chi connectivity index (χ3v) is 3.27. The van der Waals surface area contributed by atoms with E-state index in [9.17, 15) is 5.02 Å². The van der Waals surface area contributed by atoms with E-state index in [1.807, 2.05) is 36.4 Å². The third kappa shape index (κ3) is 1.81. The molecule has 3 rings (SSSR count). The van der Waals surface area contributed by atoms with Crippen molar-refractivity contribution in [1.82, 2.24) is 0 Å². The normalized spacial score (nSPS) is 10.5. The van der Waals surface area contributed by atoms with Gasteiger partial charge in [0.15, 0.2) is 0 Å². The summed E-state index contributed by atoms with van der Waals surface area (Å²) in [5, 5.41) is 11.7. The van der Waals surface area contributed by atoms with Crippen molar-refractivity contribution in [3.05, 3.63) is 66.7 Å². The van der Waals surface area contributed by atoms with E-state index >= 15 is 0 Å². The van der Waals surface area contributed by atoms with Crippen molar-refractivity contribution in [2.45, 2.75) is 0 Å². The fourth-order valence-electron chi connectivity index (χ4n) is 2.37. The lowest BCUT2D eigenvalue weighted by molar-refractivity contribution is 0.616. The molecule has 0 radical (unpaired) electrons. The molecule has 0 amide bonds. The lowest BCUT2D eigenvalue weighted by atomic mass is 9.82. The molecule has 0 unspecified atom stereocenters. The van der Waals surface area contributed by atoms with Crippen LogP contribution in [0.1, 0.15) is 0 Å². The molecule has 0 aliphatic heterocycles. The molecule has 0 heterocycles. The SMILES string of the molecule is OBc1ccc(-c2ccccc2)c2ccccc12. The Morgan fingerprint density at radius 3 is 2.06 bits per heavy atom. The second kappa shape index (κ2) is 4.67. The maximum absolute atomic E-state index is 9.40. The molecule has 1 N–H and O–H groups in total. The third-order valence-electron chi connectivity index (χ3n) is 3.27. The quantitative estimate of drug-likeness (QED) is 0.673. The first kappa shape index (κ1) is 11.1. The summed E-state index contributed by atoms with van der Waals surface area (Å²) in [6.45, 7) is 0. The van der Waals surface area contributed by atoms with Gasteiger partial charge in [0.25, 0.3) is 0 Å². The van der Waals surface area contributed by atoms with Gasteiger partial charge in [0.1, 0.15) is 0 Å². The Labute approximate surface area is 107 Å². The molecule has 86 valence electrons. The van der Waals surface area contributed by atoms with Crippen LogP contribution in [0.2, 0.25) is 0 Å². The smallest absolute Gasteiger partial charge is 0.305 e. The van der Waals surface area contributed by atoms with Crippen molar-refractivity contribution in [2.75, 3.05) is 0 Å². The summed E-state index contributed by atoms with van der Waals surface area (Å²) >= 11 is 0. The van der Waals surface area contributed by atoms with E-state index < -0.39 is 0 Å². The van der Waals surface area contributed by atoms with E-state index in [0.717, 1.165) is 10.8 Å². The van der Waals surface area contributed by atoms with E-state index in [1.165, 1.54) is 16.5 Å². The van der Waals surface area contributed by atoms with E-state index in [0.29, 0.717) is 0 Å². The van der Waals surface area contributed by atoms with Gasteiger partial charge in [0.05, 0.1) is 0 Å². The summed E-state index contributed by atoms with van der Waals surface area (Å²) in [5.41, 5.74) is 3.40. The van der Waals surface area contributed by atoms with E-state index in [2.05, 4.69) is 30.3 Å². The minimum Gasteiger partial charge on any atom is -0.449 e. The Hall–Kier alpha value is -2.06. The number of fused-ring (bicyclic) bond motifs is 1. The number of benzene rings is 3. The summed E-state index contributed by atoms with van der Waals surface area (Å²) in [4.78, 5) is 0. The molecule has 0 aromatic heterocycles. The second-order valence-corrected chi connectivity index (χ2v) is 4.34. The monoisotopic (exact) mass is 232 g/mol. The molecule has 18 heavy (non-hydrogen) atoms. The molecule has 0 aliphatic rings. The van der Waals surface area contributed by atoms with Crippen LogP contribution in [0.4, 0.5) is 0 Å². The standard InChI is InChI=1S/C16H13BO/c18-17-16-11-10-13(12-6-2-1-3-7-12)14-8-4-5-9-15(14)16/h1-11,17-18H. The van der Waals surface area contributed by atoms with Crippen LogP contribution < -0.4 is 5.46 Å². The van der Waals surface area contributed by atoms with Crippen molar-refractivity contribution < 1.29 is 5.02 Å². The zero-order valence-electron chi connectivity index (χ0n) is 10.0. The zero-order chi connectivity index (χ0) is 12.4. The molecule has 0 aliphatic carbocycles. The summed E-state index contributed by atoms with van der Waals surface area (Å²) < 4.78 is 0. The molecular weight excluding hydrogens is 219 g/mol. The van der Waals surface area contributed by atoms with E-state index in [1.54, 1.807) is 0 Å². The lowest BCUT2D eigenvalue weighted by Crippen LogP contribution is -2.14. The van der Waals surface area contributed by atoms with Gasteiger partial charge in [-0.1, -0.05) is 66.7 Å². The molecule has 0 bridgehead atoms. The van der Waals surface area contributed by atoms with Gasteiger partial charge in [-0.05, 0) is 27.4 Å². The highest BCUT2D eigenvalue weighted by Gasteiger charge is 2.06. The van der Waals surface area contributed by atoms with Gasteiger partial charge in [-0.25, -0.2) is 0 Å². The van der Waals surface area contributed by atoms with Gasteiger partial charge in [-0.15, -0.1) is 0 Å². The Morgan fingerprint density at radius 2 is 1.33 bits per heavy atom. The van der Waals surface area contributed by atoms with Crippen LogP contribution in [-0.4, -0.2) is 12.5 Å². The van der Waals surface area contributed by atoms with Crippen molar-refractivity contribution in [3.8, 4) is 11.1 Å². The van der Waals surface area contributed by atoms with Gasteiger partial charge < -0.3 is 5.02 Å². The minimum absolute atomic E-state index is 0.0790. The highest BCUT2D eigenvalue weighted by Crippen LogP contribution is 2.27. The number of hydrogen-bond acceptors (Lipinski definition) is 1. The number of rotatable bonds is 2. The molecule has 0 saturated carbocycles. The molecular formula is C16H13BO. The first-order chi connectivity index (χ1) is 8.90. The van der Waals surface area contributed by atoms with Crippen LogP contribution in [0, 0.1) is 0 Å². The van der Waals surface area contributed by atoms with Crippen molar-refractivity contribution >= 4 is 23.7 Å². The zero-order valence-corrected chi connectivity index (χ0v) is 10.0. The first-order valence-corrected chi connectivity index (χ1v) is 6.07.